The number of nitriles is 3. The minimum absolute atomic E-state index is 0.0412. The Bertz CT molecular complexity index is 2230. The van der Waals surface area contributed by atoms with Crippen LogP contribution in [0.25, 0.3) is 27.4 Å². The number of nitrogens with zero attached hydrogens (tertiary/aromatic N) is 5. The Hall–Kier alpha value is -5.83. The molecular formula is C39H27N5. The van der Waals surface area contributed by atoms with Crippen LogP contribution in [0.1, 0.15) is 59.0 Å². The minimum Gasteiger partial charge on any atom is -0.337 e. The van der Waals surface area contributed by atoms with E-state index in [-0.39, 0.29) is 12.1 Å². The summed E-state index contributed by atoms with van der Waals surface area (Å²) in [6.07, 6.45) is 12.0. The van der Waals surface area contributed by atoms with Gasteiger partial charge in [0, 0.05) is 45.5 Å². The number of aromatic nitrogens is 1. The number of fused-ring (bicyclic) bond motifs is 6. The average molecular weight is 566 g/mol. The molecular weight excluding hydrogens is 538 g/mol. The van der Waals surface area contributed by atoms with Crippen molar-refractivity contribution in [1.29, 1.82) is 15.8 Å². The second-order valence-electron chi connectivity index (χ2n) is 11.8. The summed E-state index contributed by atoms with van der Waals surface area (Å²) in [4.78, 5) is 2.48. The fraction of sp³-hybridized carbons (Fsp3) is 0.154. The van der Waals surface area contributed by atoms with Crippen molar-refractivity contribution >= 4 is 33.1 Å². The lowest BCUT2D eigenvalue weighted by Gasteiger charge is -2.36. The molecule has 0 N–H and O–H groups in total. The van der Waals surface area contributed by atoms with E-state index in [1.54, 1.807) is 0 Å². The Morgan fingerprint density at radius 1 is 0.750 bits per heavy atom. The molecule has 1 aliphatic heterocycles. The Morgan fingerprint density at radius 2 is 1.52 bits per heavy atom. The minimum atomic E-state index is -0.0412. The second kappa shape index (κ2) is 10.2. The quantitative estimate of drug-likeness (QED) is 0.205. The molecule has 0 spiro atoms. The zero-order valence-electron chi connectivity index (χ0n) is 24.0. The fourth-order valence-corrected chi connectivity index (χ4v) is 7.60. The number of allylic oxidation sites excluding steroid dienone is 5. The molecule has 0 saturated heterocycles. The molecule has 4 aromatic carbocycles. The van der Waals surface area contributed by atoms with Crippen LogP contribution in [-0.2, 0) is 0 Å². The fourth-order valence-electron chi connectivity index (χ4n) is 7.60. The van der Waals surface area contributed by atoms with Crippen molar-refractivity contribution < 1.29 is 0 Å². The van der Waals surface area contributed by atoms with E-state index in [2.05, 4.69) is 88.4 Å². The Kier molecular flexibility index (Phi) is 5.97. The summed E-state index contributed by atoms with van der Waals surface area (Å²) in [6, 6.07) is 35.5. The number of rotatable bonds is 3. The summed E-state index contributed by atoms with van der Waals surface area (Å²) in [6.45, 7) is 0. The molecule has 3 atom stereocenters. The molecule has 8 rings (SSSR count). The van der Waals surface area contributed by atoms with Gasteiger partial charge in [-0.3, -0.25) is 0 Å². The van der Waals surface area contributed by atoms with Crippen molar-refractivity contribution in [2.45, 2.75) is 37.3 Å². The molecule has 2 heterocycles. The van der Waals surface area contributed by atoms with Crippen molar-refractivity contribution in [2.75, 3.05) is 4.90 Å². The summed E-state index contributed by atoms with van der Waals surface area (Å²) < 4.78 is 2.40. The largest absolute Gasteiger partial charge is 0.337 e. The van der Waals surface area contributed by atoms with Gasteiger partial charge in [0.15, 0.2) is 0 Å². The van der Waals surface area contributed by atoms with Crippen molar-refractivity contribution in [3.8, 4) is 18.2 Å². The predicted molar refractivity (Wildman–Crippen MR) is 174 cm³/mol. The van der Waals surface area contributed by atoms with Gasteiger partial charge in [0.05, 0.1) is 47.0 Å². The van der Waals surface area contributed by atoms with Crippen LogP contribution in [0.3, 0.4) is 0 Å². The van der Waals surface area contributed by atoms with Crippen molar-refractivity contribution in [2.24, 2.45) is 0 Å². The molecule has 5 nitrogen and oxygen atoms in total. The van der Waals surface area contributed by atoms with Crippen LogP contribution in [0.4, 0.5) is 5.69 Å². The first-order valence-corrected chi connectivity index (χ1v) is 15.0. The zero-order chi connectivity index (χ0) is 29.8. The topological polar surface area (TPSA) is 79.5 Å². The smallest absolute Gasteiger partial charge is 0.0998 e. The van der Waals surface area contributed by atoms with Gasteiger partial charge in [-0.15, -0.1) is 0 Å². The summed E-state index contributed by atoms with van der Waals surface area (Å²) in [5.74, 6) is 0.320. The molecule has 1 aromatic heterocycles. The van der Waals surface area contributed by atoms with Gasteiger partial charge in [-0.2, -0.15) is 15.8 Å². The molecule has 0 bridgehead atoms. The van der Waals surface area contributed by atoms with Crippen LogP contribution in [0.2, 0.25) is 0 Å². The van der Waals surface area contributed by atoms with Gasteiger partial charge < -0.3 is 9.47 Å². The average Bonchev–Trinajstić information content (AvgIpc) is 3.60. The molecule has 2 aliphatic carbocycles. The Labute approximate surface area is 256 Å². The predicted octanol–water partition coefficient (Wildman–Crippen LogP) is 8.64. The highest BCUT2D eigenvalue weighted by atomic mass is 15.2. The summed E-state index contributed by atoms with van der Waals surface area (Å²) in [5, 5.41) is 31.6. The number of para-hydroxylation sites is 1. The van der Waals surface area contributed by atoms with Crippen LogP contribution >= 0.6 is 0 Å². The lowest BCUT2D eigenvalue weighted by atomic mass is 9.85. The lowest BCUT2D eigenvalue weighted by Crippen LogP contribution is -2.34. The molecule has 5 heteroatoms. The van der Waals surface area contributed by atoms with E-state index < -0.39 is 0 Å². The van der Waals surface area contributed by atoms with Gasteiger partial charge >= 0.3 is 0 Å². The van der Waals surface area contributed by atoms with Crippen LogP contribution in [-0.4, -0.2) is 10.6 Å². The van der Waals surface area contributed by atoms with E-state index in [9.17, 15) is 15.8 Å². The standard InChI is InChI=1S/C39H27N5/c40-22-25-13-15-38-34(17-25)32-9-3-5-11-36(32)43(38)29-19-28(31-8-2-1-7-27(31)24-42)20-30(21-29)44-37-12-6-4-10-33(37)35-18-26(23-41)14-16-39(35)44/h1-3,5-9,11-20,29,33,37H,4,10,21H2. The van der Waals surface area contributed by atoms with Crippen LogP contribution < -0.4 is 4.90 Å². The third-order valence-corrected chi connectivity index (χ3v) is 9.45. The highest BCUT2D eigenvalue weighted by Gasteiger charge is 2.41. The number of anilines is 1. The molecule has 0 amide bonds. The summed E-state index contributed by atoms with van der Waals surface area (Å²) >= 11 is 0. The first-order valence-electron chi connectivity index (χ1n) is 15.0. The molecule has 3 aliphatic rings. The van der Waals surface area contributed by atoms with Gasteiger partial charge in [-0.25, -0.2) is 0 Å². The van der Waals surface area contributed by atoms with E-state index >= 15 is 0 Å². The molecule has 0 fully saturated rings. The number of hydrogen-bond acceptors (Lipinski definition) is 4. The van der Waals surface area contributed by atoms with Crippen LogP contribution in [0.5, 0.6) is 0 Å². The van der Waals surface area contributed by atoms with Crippen LogP contribution in [0, 0.1) is 34.0 Å². The van der Waals surface area contributed by atoms with E-state index in [0.717, 1.165) is 57.9 Å². The van der Waals surface area contributed by atoms with E-state index in [0.29, 0.717) is 22.6 Å². The Morgan fingerprint density at radius 3 is 2.39 bits per heavy atom. The zero-order valence-corrected chi connectivity index (χ0v) is 24.0. The maximum Gasteiger partial charge on any atom is 0.0998 e. The van der Waals surface area contributed by atoms with E-state index in [1.165, 1.54) is 11.3 Å². The van der Waals surface area contributed by atoms with E-state index in [1.807, 2.05) is 48.5 Å². The first kappa shape index (κ1) is 25.8. The third kappa shape index (κ3) is 3.90. The van der Waals surface area contributed by atoms with Crippen molar-refractivity contribution in [3.63, 3.8) is 0 Å². The lowest BCUT2D eigenvalue weighted by molar-refractivity contribution is 0.545. The van der Waals surface area contributed by atoms with Gasteiger partial charge in [-0.1, -0.05) is 54.6 Å². The third-order valence-electron chi connectivity index (χ3n) is 9.45. The molecule has 0 radical (unpaired) electrons. The highest BCUT2D eigenvalue weighted by molar-refractivity contribution is 6.08. The van der Waals surface area contributed by atoms with Crippen molar-refractivity contribution in [1.82, 2.24) is 4.57 Å². The molecule has 3 unspecified atom stereocenters. The normalized spacial score (nSPS) is 20.3. The molecule has 44 heavy (non-hydrogen) atoms. The SMILES string of the molecule is N#Cc1ccc2c(c1)C1CCC=CC1N2C1=CC(c2ccccc2C#N)=CC(n2c3ccccc3c3cc(C#N)ccc32)C1. The molecule has 5 aromatic rings. The second-order valence-corrected chi connectivity index (χ2v) is 11.8. The maximum absolute atomic E-state index is 10.1. The molecule has 0 saturated carbocycles. The molecule has 208 valence electrons. The first-order chi connectivity index (χ1) is 21.7. The summed E-state index contributed by atoms with van der Waals surface area (Å²) in [5.41, 5.74) is 9.70. The van der Waals surface area contributed by atoms with Gasteiger partial charge in [-0.05, 0) is 84.1 Å². The number of benzene rings is 4. The number of hydrogen-bond donors (Lipinski definition) is 0. The van der Waals surface area contributed by atoms with Crippen LogP contribution in [0.15, 0.2) is 115 Å². The maximum atomic E-state index is 10.1. The monoisotopic (exact) mass is 565 g/mol. The Balaban J connectivity index is 1.36. The highest BCUT2D eigenvalue weighted by Crippen LogP contribution is 2.50. The van der Waals surface area contributed by atoms with Crippen molar-refractivity contribution in [3.05, 3.63) is 143 Å². The summed E-state index contributed by atoms with van der Waals surface area (Å²) in [7, 11) is 0. The van der Waals surface area contributed by atoms with E-state index in [4.69, 9.17) is 0 Å². The van der Waals surface area contributed by atoms with Gasteiger partial charge in [0.2, 0.25) is 0 Å². The van der Waals surface area contributed by atoms with Gasteiger partial charge in [0.1, 0.15) is 0 Å². The van der Waals surface area contributed by atoms with Gasteiger partial charge in [0.25, 0.3) is 0 Å².